The summed E-state index contributed by atoms with van der Waals surface area (Å²) in [5.41, 5.74) is -0.0361. The highest BCUT2D eigenvalue weighted by Gasteiger charge is 2.14. The van der Waals surface area contributed by atoms with Crippen molar-refractivity contribution in [2.45, 2.75) is 13.0 Å². The summed E-state index contributed by atoms with van der Waals surface area (Å²) in [6, 6.07) is 13.0. The lowest BCUT2D eigenvalue weighted by atomic mass is 10.2. The molecule has 1 N–H and O–H groups in total. The maximum atomic E-state index is 13.6. The SMILES string of the molecule is C[C@H](COc1ccccc1)NC(=O)c1ccc(Cl)cc1F. The van der Waals surface area contributed by atoms with Gasteiger partial charge in [-0.05, 0) is 37.3 Å². The Balaban J connectivity index is 1.90. The van der Waals surface area contributed by atoms with Crippen LogP contribution in [0.25, 0.3) is 0 Å². The van der Waals surface area contributed by atoms with Crippen LogP contribution >= 0.6 is 11.6 Å². The number of ether oxygens (including phenoxy) is 1. The Morgan fingerprint density at radius 1 is 1.29 bits per heavy atom. The molecule has 5 heteroatoms. The highest BCUT2D eigenvalue weighted by Crippen LogP contribution is 2.14. The van der Waals surface area contributed by atoms with E-state index in [-0.39, 0.29) is 16.6 Å². The van der Waals surface area contributed by atoms with Crippen molar-refractivity contribution in [3.63, 3.8) is 0 Å². The summed E-state index contributed by atoms with van der Waals surface area (Å²) >= 11 is 5.65. The molecule has 0 aliphatic heterocycles. The summed E-state index contributed by atoms with van der Waals surface area (Å²) in [5, 5.41) is 2.93. The fraction of sp³-hybridized carbons (Fsp3) is 0.188. The number of halogens is 2. The van der Waals surface area contributed by atoms with Gasteiger partial charge < -0.3 is 10.1 Å². The van der Waals surface area contributed by atoms with Gasteiger partial charge in [-0.2, -0.15) is 0 Å². The molecule has 0 heterocycles. The molecule has 0 radical (unpaired) electrons. The normalized spacial score (nSPS) is 11.8. The Labute approximate surface area is 127 Å². The lowest BCUT2D eigenvalue weighted by molar-refractivity contribution is 0.0922. The molecule has 21 heavy (non-hydrogen) atoms. The average Bonchev–Trinajstić information content (AvgIpc) is 2.46. The second kappa shape index (κ2) is 7.09. The minimum Gasteiger partial charge on any atom is -0.491 e. The summed E-state index contributed by atoms with van der Waals surface area (Å²) in [7, 11) is 0. The number of para-hydroxylation sites is 1. The van der Waals surface area contributed by atoms with Gasteiger partial charge in [0, 0.05) is 5.02 Å². The van der Waals surface area contributed by atoms with Crippen LogP contribution in [0.2, 0.25) is 5.02 Å². The van der Waals surface area contributed by atoms with Crippen LogP contribution in [0.5, 0.6) is 5.75 Å². The van der Waals surface area contributed by atoms with E-state index in [9.17, 15) is 9.18 Å². The van der Waals surface area contributed by atoms with Crippen molar-refractivity contribution in [3.05, 3.63) is 64.9 Å². The molecule has 110 valence electrons. The van der Waals surface area contributed by atoms with Gasteiger partial charge in [-0.1, -0.05) is 29.8 Å². The molecule has 0 fully saturated rings. The average molecular weight is 308 g/mol. The Morgan fingerprint density at radius 3 is 2.67 bits per heavy atom. The topological polar surface area (TPSA) is 38.3 Å². The highest BCUT2D eigenvalue weighted by molar-refractivity contribution is 6.30. The van der Waals surface area contributed by atoms with Gasteiger partial charge in [0.25, 0.3) is 5.91 Å². The van der Waals surface area contributed by atoms with Gasteiger partial charge >= 0.3 is 0 Å². The smallest absolute Gasteiger partial charge is 0.254 e. The Bertz CT molecular complexity index is 619. The molecular formula is C16H15ClFNO2. The standard InChI is InChI=1S/C16H15ClFNO2/c1-11(10-21-13-5-3-2-4-6-13)19-16(20)14-8-7-12(17)9-15(14)18/h2-9,11H,10H2,1H3,(H,19,20)/t11-/m1/s1. The predicted molar refractivity (Wildman–Crippen MR) is 80.3 cm³/mol. The Kier molecular flexibility index (Phi) is 5.17. The lowest BCUT2D eigenvalue weighted by Gasteiger charge is -2.15. The molecule has 0 spiro atoms. The molecule has 0 unspecified atom stereocenters. The second-order valence-electron chi connectivity index (χ2n) is 4.62. The van der Waals surface area contributed by atoms with Gasteiger partial charge in [0.05, 0.1) is 11.6 Å². The Hall–Kier alpha value is -2.07. The molecule has 0 aliphatic carbocycles. The first-order chi connectivity index (χ1) is 10.1. The minimum absolute atomic E-state index is 0.0361. The van der Waals surface area contributed by atoms with Crippen LogP contribution in [0.4, 0.5) is 4.39 Å². The molecule has 2 aromatic carbocycles. The van der Waals surface area contributed by atoms with Crippen molar-refractivity contribution in [1.29, 1.82) is 0 Å². The fourth-order valence-corrected chi connectivity index (χ4v) is 1.91. The van der Waals surface area contributed by atoms with E-state index in [0.29, 0.717) is 6.61 Å². The molecule has 1 amide bonds. The number of benzene rings is 2. The number of hydrogen-bond donors (Lipinski definition) is 1. The van der Waals surface area contributed by atoms with Gasteiger partial charge in [0.2, 0.25) is 0 Å². The van der Waals surface area contributed by atoms with E-state index in [1.807, 2.05) is 30.3 Å². The van der Waals surface area contributed by atoms with Gasteiger partial charge in [0.15, 0.2) is 0 Å². The largest absolute Gasteiger partial charge is 0.491 e. The Morgan fingerprint density at radius 2 is 2.00 bits per heavy atom. The first-order valence-corrected chi connectivity index (χ1v) is 6.88. The predicted octanol–water partition coefficient (Wildman–Crippen LogP) is 3.68. The van der Waals surface area contributed by atoms with E-state index in [0.717, 1.165) is 11.8 Å². The van der Waals surface area contributed by atoms with Crippen molar-refractivity contribution in [2.24, 2.45) is 0 Å². The van der Waals surface area contributed by atoms with E-state index < -0.39 is 11.7 Å². The van der Waals surface area contributed by atoms with Crippen LogP contribution in [0, 0.1) is 5.82 Å². The number of hydrogen-bond acceptors (Lipinski definition) is 2. The summed E-state index contributed by atoms with van der Waals surface area (Å²) in [6.07, 6.45) is 0. The number of rotatable bonds is 5. The summed E-state index contributed by atoms with van der Waals surface area (Å²) in [6.45, 7) is 2.08. The molecule has 3 nitrogen and oxygen atoms in total. The number of carbonyl (C=O) groups excluding carboxylic acids is 1. The summed E-state index contributed by atoms with van der Waals surface area (Å²) in [4.78, 5) is 11.9. The first kappa shape index (κ1) is 15.3. The second-order valence-corrected chi connectivity index (χ2v) is 5.06. The first-order valence-electron chi connectivity index (χ1n) is 6.50. The van der Waals surface area contributed by atoms with Gasteiger partial charge in [-0.25, -0.2) is 4.39 Å². The number of amides is 1. The van der Waals surface area contributed by atoms with Crippen LogP contribution in [-0.2, 0) is 0 Å². The zero-order valence-electron chi connectivity index (χ0n) is 11.5. The zero-order chi connectivity index (χ0) is 15.2. The van der Waals surface area contributed by atoms with E-state index >= 15 is 0 Å². The summed E-state index contributed by atoms with van der Waals surface area (Å²) < 4.78 is 19.1. The molecular weight excluding hydrogens is 293 g/mol. The number of nitrogens with one attached hydrogen (secondary N) is 1. The van der Waals surface area contributed by atoms with Crippen LogP contribution in [0.1, 0.15) is 17.3 Å². The molecule has 0 aliphatic rings. The van der Waals surface area contributed by atoms with Crippen molar-refractivity contribution in [3.8, 4) is 5.75 Å². The van der Waals surface area contributed by atoms with Crippen molar-refractivity contribution >= 4 is 17.5 Å². The highest BCUT2D eigenvalue weighted by atomic mass is 35.5. The van der Waals surface area contributed by atoms with E-state index in [2.05, 4.69) is 5.32 Å². The molecule has 2 aromatic rings. The van der Waals surface area contributed by atoms with Crippen LogP contribution < -0.4 is 10.1 Å². The van der Waals surface area contributed by atoms with Crippen molar-refractivity contribution in [1.82, 2.24) is 5.32 Å². The minimum atomic E-state index is -0.642. The maximum Gasteiger partial charge on any atom is 0.254 e. The maximum absolute atomic E-state index is 13.6. The third kappa shape index (κ3) is 4.46. The van der Waals surface area contributed by atoms with Crippen LogP contribution in [0.3, 0.4) is 0 Å². The molecule has 1 atom stereocenters. The van der Waals surface area contributed by atoms with E-state index in [1.54, 1.807) is 6.92 Å². The quantitative estimate of drug-likeness (QED) is 0.915. The van der Waals surface area contributed by atoms with Crippen LogP contribution in [0.15, 0.2) is 48.5 Å². The van der Waals surface area contributed by atoms with E-state index in [4.69, 9.17) is 16.3 Å². The molecule has 2 rings (SSSR count). The van der Waals surface area contributed by atoms with Crippen molar-refractivity contribution in [2.75, 3.05) is 6.61 Å². The van der Waals surface area contributed by atoms with Crippen LogP contribution in [-0.4, -0.2) is 18.6 Å². The fourth-order valence-electron chi connectivity index (χ4n) is 1.75. The van der Waals surface area contributed by atoms with Gasteiger partial charge in [-0.15, -0.1) is 0 Å². The third-order valence-electron chi connectivity index (χ3n) is 2.80. The van der Waals surface area contributed by atoms with Gasteiger partial charge in [0.1, 0.15) is 18.2 Å². The molecule has 0 saturated heterocycles. The monoisotopic (exact) mass is 307 g/mol. The molecule has 0 saturated carbocycles. The number of carbonyl (C=O) groups is 1. The molecule has 0 bridgehead atoms. The lowest BCUT2D eigenvalue weighted by Crippen LogP contribution is -2.37. The summed E-state index contributed by atoms with van der Waals surface area (Å²) in [5.74, 6) is -0.416. The van der Waals surface area contributed by atoms with E-state index in [1.165, 1.54) is 12.1 Å². The van der Waals surface area contributed by atoms with Gasteiger partial charge in [-0.3, -0.25) is 4.79 Å². The zero-order valence-corrected chi connectivity index (χ0v) is 12.2. The van der Waals surface area contributed by atoms with Crippen molar-refractivity contribution < 1.29 is 13.9 Å². The molecule has 0 aromatic heterocycles. The third-order valence-corrected chi connectivity index (χ3v) is 3.03.